The number of hydrogen-bond acceptors (Lipinski definition) is 7. The molecule has 1 aliphatic heterocycles. The Balaban J connectivity index is 1.33. The number of pyridine rings is 1. The van der Waals surface area contributed by atoms with E-state index < -0.39 is 11.7 Å². The SMILES string of the molecule is CC(C)c1ccc(OCCO)c(C(=O)NC2CCC(NC(=O)c3cc(F)cnc3OC3CCSCC3)CC2)c1. The zero-order valence-corrected chi connectivity index (χ0v) is 23.4. The van der Waals surface area contributed by atoms with Gasteiger partial charge in [-0.1, -0.05) is 19.9 Å². The fourth-order valence-corrected chi connectivity index (χ4v) is 5.97. The van der Waals surface area contributed by atoms with E-state index in [1.54, 1.807) is 6.07 Å². The van der Waals surface area contributed by atoms with E-state index in [1.165, 1.54) is 6.07 Å². The normalized spacial score (nSPS) is 19.9. The monoisotopic (exact) mass is 559 g/mol. The summed E-state index contributed by atoms with van der Waals surface area (Å²) in [6.07, 6.45) is 5.54. The summed E-state index contributed by atoms with van der Waals surface area (Å²) in [6, 6.07) is 6.60. The van der Waals surface area contributed by atoms with Crippen LogP contribution in [0.3, 0.4) is 0 Å². The summed E-state index contributed by atoms with van der Waals surface area (Å²) in [5.74, 6) is 1.67. The number of carbonyl (C=O) groups excluding carboxylic acids is 2. The zero-order valence-electron chi connectivity index (χ0n) is 22.6. The van der Waals surface area contributed by atoms with Gasteiger partial charge >= 0.3 is 0 Å². The summed E-state index contributed by atoms with van der Waals surface area (Å²) in [4.78, 5) is 30.3. The number of nitrogens with one attached hydrogen (secondary N) is 2. The summed E-state index contributed by atoms with van der Waals surface area (Å²) in [5, 5.41) is 15.3. The minimum atomic E-state index is -0.581. The first-order valence-electron chi connectivity index (χ1n) is 13.7. The Labute approximate surface area is 233 Å². The highest BCUT2D eigenvalue weighted by Crippen LogP contribution is 2.27. The van der Waals surface area contributed by atoms with E-state index in [2.05, 4.69) is 29.5 Å². The highest BCUT2D eigenvalue weighted by atomic mass is 32.2. The van der Waals surface area contributed by atoms with Gasteiger partial charge in [0, 0.05) is 12.1 Å². The fourth-order valence-electron chi connectivity index (χ4n) is 4.91. The molecule has 39 heavy (non-hydrogen) atoms. The van der Waals surface area contributed by atoms with Crippen LogP contribution in [0.25, 0.3) is 0 Å². The lowest BCUT2D eigenvalue weighted by atomic mass is 9.90. The van der Waals surface area contributed by atoms with Crippen LogP contribution >= 0.6 is 11.8 Å². The number of halogens is 1. The largest absolute Gasteiger partial charge is 0.490 e. The van der Waals surface area contributed by atoms with Crippen LogP contribution in [0, 0.1) is 5.82 Å². The average molecular weight is 560 g/mol. The molecular formula is C29H38FN3O5S. The van der Waals surface area contributed by atoms with Crippen LogP contribution < -0.4 is 20.1 Å². The Morgan fingerprint density at radius 1 is 1.03 bits per heavy atom. The molecule has 0 radical (unpaired) electrons. The minimum absolute atomic E-state index is 0.0226. The molecule has 0 bridgehead atoms. The van der Waals surface area contributed by atoms with Crippen molar-refractivity contribution in [3.63, 3.8) is 0 Å². The van der Waals surface area contributed by atoms with E-state index in [1.807, 2.05) is 23.9 Å². The molecule has 2 aliphatic rings. The molecular weight excluding hydrogens is 521 g/mol. The van der Waals surface area contributed by atoms with Crippen molar-refractivity contribution in [1.29, 1.82) is 0 Å². The number of aliphatic hydroxyl groups is 1. The molecule has 1 saturated heterocycles. The minimum Gasteiger partial charge on any atom is -0.490 e. The molecule has 1 saturated carbocycles. The lowest BCUT2D eigenvalue weighted by Crippen LogP contribution is -2.44. The van der Waals surface area contributed by atoms with Crippen LogP contribution in [0.15, 0.2) is 30.5 Å². The average Bonchev–Trinajstić information content (AvgIpc) is 2.94. The molecule has 0 atom stereocenters. The van der Waals surface area contributed by atoms with Gasteiger partial charge in [-0.2, -0.15) is 11.8 Å². The predicted octanol–water partition coefficient (Wildman–Crippen LogP) is 4.46. The molecule has 0 spiro atoms. The quantitative estimate of drug-likeness (QED) is 0.394. The molecule has 3 N–H and O–H groups in total. The van der Waals surface area contributed by atoms with E-state index in [4.69, 9.17) is 14.6 Å². The molecule has 1 aromatic carbocycles. The van der Waals surface area contributed by atoms with Crippen molar-refractivity contribution >= 4 is 23.6 Å². The van der Waals surface area contributed by atoms with Crippen molar-refractivity contribution in [2.75, 3.05) is 24.7 Å². The third kappa shape index (κ3) is 8.08. The molecule has 10 heteroatoms. The predicted molar refractivity (Wildman–Crippen MR) is 149 cm³/mol. The van der Waals surface area contributed by atoms with E-state index in [9.17, 15) is 14.0 Å². The van der Waals surface area contributed by atoms with Crippen LogP contribution in [0.1, 0.15) is 84.6 Å². The number of carbonyl (C=O) groups is 2. The molecule has 4 rings (SSSR count). The van der Waals surface area contributed by atoms with Crippen molar-refractivity contribution in [1.82, 2.24) is 15.6 Å². The third-order valence-electron chi connectivity index (χ3n) is 7.17. The van der Waals surface area contributed by atoms with Gasteiger partial charge in [0.1, 0.15) is 29.8 Å². The Kier molecular flexibility index (Phi) is 10.4. The van der Waals surface area contributed by atoms with Crippen molar-refractivity contribution < 1.29 is 28.6 Å². The maximum absolute atomic E-state index is 14.0. The molecule has 2 aromatic rings. The smallest absolute Gasteiger partial charge is 0.257 e. The molecule has 2 amide bonds. The summed E-state index contributed by atoms with van der Waals surface area (Å²) >= 11 is 1.87. The van der Waals surface area contributed by atoms with Crippen molar-refractivity contribution in [3.05, 3.63) is 53.0 Å². The first kappa shape index (κ1) is 29.1. The number of hydrogen-bond donors (Lipinski definition) is 3. The summed E-state index contributed by atoms with van der Waals surface area (Å²) in [6.45, 7) is 4.09. The second kappa shape index (κ2) is 14.0. The van der Waals surface area contributed by atoms with E-state index in [-0.39, 0.29) is 54.7 Å². The molecule has 1 aromatic heterocycles. The Morgan fingerprint density at radius 2 is 1.67 bits per heavy atom. The van der Waals surface area contributed by atoms with Gasteiger partial charge in [0.25, 0.3) is 11.8 Å². The topological polar surface area (TPSA) is 110 Å². The van der Waals surface area contributed by atoms with Crippen LogP contribution in [-0.4, -0.2) is 64.8 Å². The lowest BCUT2D eigenvalue weighted by molar-refractivity contribution is 0.0883. The number of ether oxygens (including phenoxy) is 2. The standard InChI is InChI=1S/C29H38FN3O5S/c1-18(2)19-3-8-26(37-12-11-34)24(15-19)27(35)32-21-4-6-22(7-5-21)33-28(36)25-16-20(30)17-31-29(25)38-23-9-13-39-14-10-23/h3,8,15-18,21-23,34H,4-7,9-14H2,1-2H3,(H,32,35)(H,33,36). The van der Waals surface area contributed by atoms with Crippen molar-refractivity contribution in [2.45, 2.75) is 76.5 Å². The second-order valence-electron chi connectivity index (χ2n) is 10.4. The Morgan fingerprint density at radius 3 is 2.28 bits per heavy atom. The van der Waals surface area contributed by atoms with Gasteiger partial charge in [-0.05, 0) is 79.7 Å². The summed E-state index contributed by atoms with van der Waals surface area (Å²) < 4.78 is 25.6. The fraction of sp³-hybridized carbons (Fsp3) is 0.552. The number of nitrogens with zero attached hydrogens (tertiary/aromatic N) is 1. The molecule has 2 fully saturated rings. The number of benzene rings is 1. The van der Waals surface area contributed by atoms with E-state index >= 15 is 0 Å². The van der Waals surface area contributed by atoms with Gasteiger partial charge in [-0.15, -0.1) is 0 Å². The maximum atomic E-state index is 14.0. The molecule has 8 nitrogen and oxygen atoms in total. The first-order chi connectivity index (χ1) is 18.8. The Hall–Kier alpha value is -2.85. The zero-order chi connectivity index (χ0) is 27.8. The number of thioether (sulfide) groups is 1. The molecule has 212 valence electrons. The van der Waals surface area contributed by atoms with Crippen LogP contribution in [0.5, 0.6) is 11.6 Å². The highest BCUT2D eigenvalue weighted by molar-refractivity contribution is 7.99. The van der Waals surface area contributed by atoms with Crippen LogP contribution in [0.4, 0.5) is 4.39 Å². The third-order valence-corrected chi connectivity index (χ3v) is 8.22. The van der Waals surface area contributed by atoms with Gasteiger partial charge < -0.3 is 25.2 Å². The second-order valence-corrected chi connectivity index (χ2v) is 11.6. The van der Waals surface area contributed by atoms with Gasteiger partial charge in [-0.3, -0.25) is 9.59 Å². The summed E-state index contributed by atoms with van der Waals surface area (Å²) in [5.41, 5.74) is 1.59. The van der Waals surface area contributed by atoms with Gasteiger partial charge in [0.15, 0.2) is 0 Å². The molecule has 0 unspecified atom stereocenters. The summed E-state index contributed by atoms with van der Waals surface area (Å²) in [7, 11) is 0. The van der Waals surface area contributed by atoms with Gasteiger partial charge in [-0.25, -0.2) is 9.37 Å². The maximum Gasteiger partial charge on any atom is 0.257 e. The first-order valence-corrected chi connectivity index (χ1v) is 14.9. The number of amides is 2. The lowest BCUT2D eigenvalue weighted by Gasteiger charge is -2.30. The molecule has 1 aliphatic carbocycles. The van der Waals surface area contributed by atoms with Crippen molar-refractivity contribution in [3.8, 4) is 11.6 Å². The number of aliphatic hydroxyl groups excluding tert-OH is 1. The number of aromatic nitrogens is 1. The number of rotatable bonds is 10. The van der Waals surface area contributed by atoms with E-state index in [0.29, 0.717) is 37.0 Å². The van der Waals surface area contributed by atoms with E-state index in [0.717, 1.165) is 36.1 Å². The molecule has 2 heterocycles. The van der Waals surface area contributed by atoms with Crippen molar-refractivity contribution in [2.24, 2.45) is 0 Å². The van der Waals surface area contributed by atoms with Crippen LogP contribution in [0.2, 0.25) is 0 Å². The Bertz CT molecular complexity index is 1130. The highest BCUT2D eigenvalue weighted by Gasteiger charge is 2.27. The van der Waals surface area contributed by atoms with Gasteiger partial charge in [0.05, 0.1) is 18.4 Å². The van der Waals surface area contributed by atoms with Crippen LogP contribution in [-0.2, 0) is 0 Å². The van der Waals surface area contributed by atoms with Gasteiger partial charge in [0.2, 0.25) is 5.88 Å².